The van der Waals surface area contributed by atoms with Crippen LogP contribution in [0, 0.1) is 23.7 Å². The fourth-order valence-electron chi connectivity index (χ4n) is 7.11. The van der Waals surface area contributed by atoms with Gasteiger partial charge >= 0.3 is 0 Å². The number of hydrogen-bond acceptors (Lipinski definition) is 1. The van der Waals surface area contributed by atoms with E-state index in [2.05, 4.69) is 43.8 Å². The zero-order valence-corrected chi connectivity index (χ0v) is 21.2. The minimum atomic E-state index is 0.153. The fraction of sp³-hybridized carbons (Fsp3) is 0.688. The molecule has 1 unspecified atom stereocenters. The highest BCUT2D eigenvalue weighted by Crippen LogP contribution is 2.43. The minimum absolute atomic E-state index is 0.153. The van der Waals surface area contributed by atoms with Crippen molar-refractivity contribution in [2.24, 2.45) is 23.7 Å². The smallest absolute Gasteiger partial charge is 0.0641 e. The number of unbranched alkanes of at least 4 members (excludes halogenated alkanes) is 2. The van der Waals surface area contributed by atoms with E-state index in [0.29, 0.717) is 11.8 Å². The maximum absolute atomic E-state index is 9.36. The second-order valence-corrected chi connectivity index (χ2v) is 11.5. The van der Waals surface area contributed by atoms with Crippen LogP contribution in [0.5, 0.6) is 0 Å². The Balaban J connectivity index is 1.24. The van der Waals surface area contributed by atoms with Crippen molar-refractivity contribution in [1.29, 1.82) is 0 Å². The van der Waals surface area contributed by atoms with E-state index in [1.807, 2.05) is 0 Å². The molecular weight excluding hydrogens is 400 g/mol. The predicted molar refractivity (Wildman–Crippen MR) is 142 cm³/mol. The van der Waals surface area contributed by atoms with Crippen LogP contribution >= 0.6 is 0 Å². The molecule has 0 spiro atoms. The molecule has 0 amide bonds. The van der Waals surface area contributed by atoms with Gasteiger partial charge in [-0.05, 0) is 110 Å². The predicted octanol–water partition coefficient (Wildman–Crippen LogP) is 9.08. The van der Waals surface area contributed by atoms with E-state index < -0.39 is 0 Å². The van der Waals surface area contributed by atoms with Crippen molar-refractivity contribution in [2.45, 2.75) is 109 Å². The summed E-state index contributed by atoms with van der Waals surface area (Å²) in [6.07, 6.45) is 23.1. The Morgan fingerprint density at radius 1 is 0.879 bits per heavy atom. The average molecular weight is 449 g/mol. The van der Waals surface area contributed by atoms with Crippen LogP contribution in [0.1, 0.15) is 120 Å². The number of aliphatic hydroxyl groups is 1. The molecule has 33 heavy (non-hydrogen) atoms. The molecule has 182 valence electrons. The van der Waals surface area contributed by atoms with Gasteiger partial charge in [0.25, 0.3) is 0 Å². The molecule has 1 aromatic carbocycles. The molecule has 0 aliphatic heterocycles. The van der Waals surface area contributed by atoms with Crippen molar-refractivity contribution < 1.29 is 5.11 Å². The van der Waals surface area contributed by atoms with Crippen molar-refractivity contribution in [3.8, 4) is 0 Å². The lowest BCUT2D eigenvalue weighted by Gasteiger charge is -2.35. The second-order valence-electron chi connectivity index (χ2n) is 11.5. The topological polar surface area (TPSA) is 20.2 Å². The summed E-state index contributed by atoms with van der Waals surface area (Å²) in [5.74, 6) is 4.17. The Labute approximate surface area is 203 Å². The van der Waals surface area contributed by atoms with Crippen LogP contribution in [0.4, 0.5) is 0 Å². The van der Waals surface area contributed by atoms with Gasteiger partial charge < -0.3 is 5.11 Å². The summed E-state index contributed by atoms with van der Waals surface area (Å²) in [6, 6.07) is 9.57. The van der Waals surface area contributed by atoms with Gasteiger partial charge in [-0.25, -0.2) is 0 Å². The monoisotopic (exact) mass is 448 g/mol. The van der Waals surface area contributed by atoms with Crippen molar-refractivity contribution in [1.82, 2.24) is 0 Å². The molecule has 0 radical (unpaired) electrons. The van der Waals surface area contributed by atoms with Gasteiger partial charge in [0, 0.05) is 0 Å². The molecule has 0 aromatic heterocycles. The largest absolute Gasteiger partial charge is 0.392 e. The van der Waals surface area contributed by atoms with Gasteiger partial charge in [-0.2, -0.15) is 0 Å². The van der Waals surface area contributed by atoms with Gasteiger partial charge in [0.2, 0.25) is 0 Å². The highest BCUT2D eigenvalue weighted by atomic mass is 16.3. The average Bonchev–Trinajstić information content (AvgIpc) is 2.89. The Morgan fingerprint density at radius 2 is 1.61 bits per heavy atom. The van der Waals surface area contributed by atoms with E-state index in [1.54, 1.807) is 5.57 Å². The van der Waals surface area contributed by atoms with E-state index in [4.69, 9.17) is 0 Å². The molecule has 1 heteroatoms. The Morgan fingerprint density at radius 3 is 2.21 bits per heavy atom. The molecule has 1 nitrogen and oxygen atoms in total. The summed E-state index contributed by atoms with van der Waals surface area (Å²) in [4.78, 5) is 0. The third-order valence-corrected chi connectivity index (χ3v) is 9.49. The first-order valence-electron chi connectivity index (χ1n) is 14.3. The second kappa shape index (κ2) is 12.4. The van der Waals surface area contributed by atoms with E-state index in [1.165, 1.54) is 107 Å². The van der Waals surface area contributed by atoms with Gasteiger partial charge in [0.15, 0.2) is 0 Å². The molecule has 0 bridgehead atoms. The molecule has 1 aromatic rings. The number of aliphatic hydroxyl groups excluding tert-OH is 1. The summed E-state index contributed by atoms with van der Waals surface area (Å²) in [5, 5.41) is 9.36. The van der Waals surface area contributed by atoms with Crippen molar-refractivity contribution >= 4 is 5.57 Å². The third kappa shape index (κ3) is 6.62. The van der Waals surface area contributed by atoms with Gasteiger partial charge in [0.1, 0.15) is 0 Å². The van der Waals surface area contributed by atoms with E-state index in [9.17, 15) is 5.11 Å². The molecule has 4 rings (SSSR count). The highest BCUT2D eigenvalue weighted by Gasteiger charge is 2.29. The zero-order valence-electron chi connectivity index (χ0n) is 21.2. The molecule has 1 atom stereocenters. The van der Waals surface area contributed by atoms with E-state index >= 15 is 0 Å². The molecule has 2 saturated carbocycles. The molecule has 1 N–H and O–H groups in total. The van der Waals surface area contributed by atoms with Crippen LogP contribution in [-0.2, 0) is 0 Å². The van der Waals surface area contributed by atoms with Gasteiger partial charge in [-0.1, -0.05) is 82.4 Å². The molecule has 0 saturated heterocycles. The van der Waals surface area contributed by atoms with Crippen molar-refractivity contribution in [3.63, 3.8) is 0 Å². The van der Waals surface area contributed by atoms with Crippen molar-refractivity contribution in [3.05, 3.63) is 53.6 Å². The quantitative estimate of drug-likeness (QED) is 0.295. The van der Waals surface area contributed by atoms with E-state index in [-0.39, 0.29) is 6.61 Å². The van der Waals surface area contributed by atoms with Gasteiger partial charge in [0.05, 0.1) is 6.61 Å². The van der Waals surface area contributed by atoms with Crippen LogP contribution in [0.25, 0.3) is 5.57 Å². The van der Waals surface area contributed by atoms with Crippen LogP contribution in [0.3, 0.4) is 0 Å². The van der Waals surface area contributed by atoms with Crippen molar-refractivity contribution in [2.75, 3.05) is 6.61 Å². The summed E-state index contributed by atoms with van der Waals surface area (Å²) in [6.45, 7) is 6.53. The Kier molecular flexibility index (Phi) is 9.30. The SMILES string of the molecule is C=C(CO)C1CCC(c2ccc(C3=CCC(C4CCC(CCCCC)CC4)CC3)cc2)CC1. The molecule has 2 fully saturated rings. The van der Waals surface area contributed by atoms with E-state index in [0.717, 1.165) is 23.3 Å². The molecule has 3 aliphatic rings. The van der Waals surface area contributed by atoms with Gasteiger partial charge in [-0.3, -0.25) is 0 Å². The number of benzene rings is 1. The molecule has 3 aliphatic carbocycles. The summed E-state index contributed by atoms with van der Waals surface area (Å²) >= 11 is 0. The van der Waals surface area contributed by atoms with Crippen LogP contribution < -0.4 is 0 Å². The third-order valence-electron chi connectivity index (χ3n) is 9.49. The normalized spacial score (nSPS) is 30.6. The molecule has 0 heterocycles. The Hall–Kier alpha value is -1.34. The van der Waals surface area contributed by atoms with Crippen LogP contribution in [-0.4, -0.2) is 11.7 Å². The first kappa shape index (κ1) is 24.8. The molecular formula is C32H48O. The summed E-state index contributed by atoms with van der Waals surface area (Å²) in [7, 11) is 0. The van der Waals surface area contributed by atoms with Crippen LogP contribution in [0.2, 0.25) is 0 Å². The number of hydrogen-bond donors (Lipinski definition) is 1. The Bertz CT molecular complexity index is 756. The summed E-state index contributed by atoms with van der Waals surface area (Å²) in [5.41, 5.74) is 5.59. The zero-order chi connectivity index (χ0) is 23.0. The lowest BCUT2D eigenvalue weighted by molar-refractivity contribution is 0.187. The van der Waals surface area contributed by atoms with Crippen LogP contribution in [0.15, 0.2) is 42.5 Å². The highest BCUT2D eigenvalue weighted by molar-refractivity contribution is 5.66. The minimum Gasteiger partial charge on any atom is -0.392 e. The lowest BCUT2D eigenvalue weighted by atomic mass is 9.70. The van der Waals surface area contributed by atoms with Gasteiger partial charge in [-0.15, -0.1) is 0 Å². The maximum Gasteiger partial charge on any atom is 0.0641 e. The maximum atomic E-state index is 9.36. The first-order chi connectivity index (χ1) is 16.2. The number of rotatable bonds is 9. The standard InChI is InChI=1S/C32H48O/c1-3-4-5-6-25-7-9-27(10-8-25)29-15-17-31(18-16-29)32-21-19-30(20-22-32)28-13-11-26(12-14-28)24(2)23-33/h17,19-22,25-29,33H,2-16,18,23H2,1H3. The first-order valence-corrected chi connectivity index (χ1v) is 14.3. The fourth-order valence-corrected chi connectivity index (χ4v) is 7.11. The lowest BCUT2D eigenvalue weighted by Crippen LogP contribution is -2.23. The summed E-state index contributed by atoms with van der Waals surface area (Å²) < 4.78 is 0. The number of allylic oxidation sites excluding steroid dienone is 2.